The summed E-state index contributed by atoms with van der Waals surface area (Å²) in [5.74, 6) is 0. The van der Waals surface area contributed by atoms with E-state index in [1.807, 2.05) is 42.5 Å². The third kappa shape index (κ3) is 3.77. The normalized spacial score (nSPS) is 10.2. The molecule has 0 amide bonds. The number of nitriles is 1. The average Bonchev–Trinajstić information content (AvgIpc) is 2.48. The van der Waals surface area contributed by atoms with Gasteiger partial charge in [-0.15, -0.1) is 0 Å². The van der Waals surface area contributed by atoms with E-state index >= 15 is 0 Å². The molecule has 1 N–H and O–H groups in total. The average molecular weight is 303 g/mol. The Labute approximate surface area is 128 Å². The number of benzene rings is 2. The van der Waals surface area contributed by atoms with E-state index in [0.717, 1.165) is 28.4 Å². The lowest BCUT2D eigenvalue weighted by atomic mass is 10.1. The first kappa shape index (κ1) is 14.9. The molecular formula is C16H15ClN2S. The van der Waals surface area contributed by atoms with Crippen molar-refractivity contribution in [2.75, 3.05) is 6.54 Å². The molecule has 0 heterocycles. The van der Waals surface area contributed by atoms with E-state index in [0.29, 0.717) is 10.6 Å². The van der Waals surface area contributed by atoms with Crippen molar-refractivity contribution in [2.45, 2.75) is 23.3 Å². The summed E-state index contributed by atoms with van der Waals surface area (Å²) in [6.07, 6.45) is 0. The molecular weight excluding hydrogens is 288 g/mol. The van der Waals surface area contributed by atoms with E-state index in [4.69, 9.17) is 11.6 Å². The highest BCUT2D eigenvalue weighted by Gasteiger charge is 2.07. The van der Waals surface area contributed by atoms with Gasteiger partial charge in [-0.25, -0.2) is 0 Å². The lowest BCUT2D eigenvalue weighted by Crippen LogP contribution is -2.11. The van der Waals surface area contributed by atoms with Gasteiger partial charge in [-0.1, -0.05) is 48.5 Å². The molecule has 0 saturated heterocycles. The maximum Gasteiger partial charge on any atom is 0.100 e. The maximum atomic E-state index is 9.30. The molecule has 2 nitrogen and oxygen atoms in total. The summed E-state index contributed by atoms with van der Waals surface area (Å²) in [5.41, 5.74) is 1.80. The van der Waals surface area contributed by atoms with E-state index in [-0.39, 0.29) is 0 Å². The van der Waals surface area contributed by atoms with Gasteiger partial charge in [-0.3, -0.25) is 0 Å². The molecule has 0 aliphatic rings. The summed E-state index contributed by atoms with van der Waals surface area (Å²) < 4.78 is 0. The van der Waals surface area contributed by atoms with Crippen molar-refractivity contribution >= 4 is 23.4 Å². The Hall–Kier alpha value is -1.47. The van der Waals surface area contributed by atoms with Gasteiger partial charge < -0.3 is 5.32 Å². The van der Waals surface area contributed by atoms with Gasteiger partial charge in [-0.05, 0) is 36.4 Å². The fourth-order valence-corrected chi connectivity index (χ4v) is 2.93. The van der Waals surface area contributed by atoms with Crippen molar-refractivity contribution < 1.29 is 0 Å². The molecule has 0 aliphatic carbocycles. The van der Waals surface area contributed by atoms with Gasteiger partial charge >= 0.3 is 0 Å². The fraction of sp³-hybridized carbons (Fsp3) is 0.188. The van der Waals surface area contributed by atoms with Crippen molar-refractivity contribution in [3.63, 3.8) is 0 Å². The first-order chi connectivity index (χ1) is 9.74. The maximum absolute atomic E-state index is 9.30. The predicted octanol–water partition coefficient (Wildman–Crippen LogP) is 4.47. The van der Waals surface area contributed by atoms with Crippen LogP contribution in [0.4, 0.5) is 0 Å². The Morgan fingerprint density at radius 3 is 2.70 bits per heavy atom. The zero-order valence-electron chi connectivity index (χ0n) is 11.2. The van der Waals surface area contributed by atoms with Gasteiger partial charge in [0.15, 0.2) is 0 Å². The predicted molar refractivity (Wildman–Crippen MR) is 84.1 cm³/mol. The van der Waals surface area contributed by atoms with Gasteiger partial charge in [-0.2, -0.15) is 5.26 Å². The van der Waals surface area contributed by atoms with Crippen LogP contribution in [0.25, 0.3) is 0 Å². The zero-order chi connectivity index (χ0) is 14.4. The first-order valence-electron chi connectivity index (χ1n) is 6.40. The SMILES string of the molecule is CCNCc1ccc(Sc2ccccc2Cl)c(C#N)c1. The Kier molecular flexibility index (Phi) is 5.49. The monoisotopic (exact) mass is 302 g/mol. The lowest BCUT2D eigenvalue weighted by molar-refractivity contribution is 0.726. The number of hydrogen-bond acceptors (Lipinski definition) is 3. The minimum Gasteiger partial charge on any atom is -0.313 e. The molecule has 4 heteroatoms. The molecule has 2 aromatic rings. The number of hydrogen-bond donors (Lipinski definition) is 1. The number of halogens is 1. The molecule has 0 saturated carbocycles. The zero-order valence-corrected chi connectivity index (χ0v) is 12.8. The van der Waals surface area contributed by atoms with E-state index in [1.165, 1.54) is 11.8 Å². The summed E-state index contributed by atoms with van der Waals surface area (Å²) in [5, 5.41) is 13.3. The van der Waals surface area contributed by atoms with Crippen LogP contribution in [0.15, 0.2) is 52.3 Å². The van der Waals surface area contributed by atoms with E-state index in [9.17, 15) is 5.26 Å². The number of nitrogens with one attached hydrogen (secondary N) is 1. The lowest BCUT2D eigenvalue weighted by Gasteiger charge is -2.08. The van der Waals surface area contributed by atoms with Crippen molar-refractivity contribution in [3.05, 3.63) is 58.6 Å². The molecule has 0 radical (unpaired) electrons. The van der Waals surface area contributed by atoms with Gasteiger partial charge in [0.25, 0.3) is 0 Å². The van der Waals surface area contributed by atoms with Crippen molar-refractivity contribution in [2.24, 2.45) is 0 Å². The van der Waals surface area contributed by atoms with Gasteiger partial charge in [0.2, 0.25) is 0 Å². The van der Waals surface area contributed by atoms with Crippen LogP contribution in [0, 0.1) is 11.3 Å². The second-order valence-electron chi connectivity index (χ2n) is 4.26. The molecule has 2 rings (SSSR count). The minimum atomic E-state index is 0.685. The van der Waals surface area contributed by atoms with Crippen LogP contribution in [-0.4, -0.2) is 6.54 Å². The molecule has 0 spiro atoms. The van der Waals surface area contributed by atoms with Crippen LogP contribution in [0.3, 0.4) is 0 Å². The quantitative estimate of drug-likeness (QED) is 0.885. The Morgan fingerprint density at radius 2 is 2.00 bits per heavy atom. The van der Waals surface area contributed by atoms with Gasteiger partial charge in [0.05, 0.1) is 10.6 Å². The Bertz CT molecular complexity index is 635. The highest BCUT2D eigenvalue weighted by Crippen LogP contribution is 2.35. The summed E-state index contributed by atoms with van der Waals surface area (Å²) in [6, 6.07) is 15.9. The number of nitrogens with zero attached hydrogens (tertiary/aromatic N) is 1. The van der Waals surface area contributed by atoms with Crippen LogP contribution in [-0.2, 0) is 6.54 Å². The Morgan fingerprint density at radius 1 is 1.20 bits per heavy atom. The minimum absolute atomic E-state index is 0.685. The third-order valence-corrected chi connectivity index (χ3v) is 4.39. The van der Waals surface area contributed by atoms with Crippen molar-refractivity contribution in [3.8, 4) is 6.07 Å². The molecule has 0 bridgehead atoms. The van der Waals surface area contributed by atoms with Crippen molar-refractivity contribution in [1.82, 2.24) is 5.32 Å². The molecule has 0 aromatic heterocycles. The molecule has 0 aliphatic heterocycles. The first-order valence-corrected chi connectivity index (χ1v) is 7.60. The topological polar surface area (TPSA) is 35.8 Å². The molecule has 102 valence electrons. The third-order valence-electron chi connectivity index (χ3n) is 2.80. The van der Waals surface area contributed by atoms with E-state index < -0.39 is 0 Å². The summed E-state index contributed by atoms with van der Waals surface area (Å²) >= 11 is 7.68. The van der Waals surface area contributed by atoms with Gasteiger partial charge in [0.1, 0.15) is 6.07 Å². The standard InChI is InChI=1S/C16H15ClN2S/c1-2-19-11-12-7-8-15(13(9-12)10-18)20-16-6-4-3-5-14(16)17/h3-9,19H,2,11H2,1H3. The fourth-order valence-electron chi connectivity index (χ4n) is 1.78. The highest BCUT2D eigenvalue weighted by molar-refractivity contribution is 7.99. The summed E-state index contributed by atoms with van der Waals surface area (Å²) in [6.45, 7) is 3.76. The summed E-state index contributed by atoms with van der Waals surface area (Å²) in [7, 11) is 0. The van der Waals surface area contributed by atoms with Gasteiger partial charge in [0, 0.05) is 16.3 Å². The second kappa shape index (κ2) is 7.35. The molecule has 0 fully saturated rings. The largest absolute Gasteiger partial charge is 0.313 e. The Balaban J connectivity index is 2.24. The van der Waals surface area contributed by atoms with Crippen LogP contribution >= 0.6 is 23.4 Å². The molecule has 0 atom stereocenters. The molecule has 20 heavy (non-hydrogen) atoms. The summed E-state index contributed by atoms with van der Waals surface area (Å²) in [4.78, 5) is 1.89. The van der Waals surface area contributed by atoms with Crippen LogP contribution in [0.5, 0.6) is 0 Å². The van der Waals surface area contributed by atoms with E-state index in [1.54, 1.807) is 0 Å². The smallest absolute Gasteiger partial charge is 0.100 e. The highest BCUT2D eigenvalue weighted by atomic mass is 35.5. The number of rotatable bonds is 5. The van der Waals surface area contributed by atoms with Crippen LogP contribution in [0.2, 0.25) is 5.02 Å². The molecule has 0 unspecified atom stereocenters. The molecule has 2 aromatic carbocycles. The second-order valence-corrected chi connectivity index (χ2v) is 5.75. The van der Waals surface area contributed by atoms with Crippen LogP contribution < -0.4 is 5.32 Å². The van der Waals surface area contributed by atoms with Crippen LogP contribution in [0.1, 0.15) is 18.1 Å². The van der Waals surface area contributed by atoms with Crippen molar-refractivity contribution in [1.29, 1.82) is 5.26 Å². The van der Waals surface area contributed by atoms with E-state index in [2.05, 4.69) is 18.3 Å².